The van der Waals surface area contributed by atoms with Gasteiger partial charge >= 0.3 is 5.97 Å². The average Bonchev–Trinajstić information content (AvgIpc) is 3.41. The van der Waals surface area contributed by atoms with E-state index in [1.54, 1.807) is 0 Å². The number of aromatic amines is 1. The fourth-order valence-corrected chi connectivity index (χ4v) is 3.30. The number of hydrogen-bond acceptors (Lipinski definition) is 8. The summed E-state index contributed by atoms with van der Waals surface area (Å²) in [6, 6.07) is -4.91. The number of nitrogens with two attached hydrogens (primary N) is 1. The summed E-state index contributed by atoms with van der Waals surface area (Å²) in [7, 11) is 0. The third kappa shape index (κ3) is 6.23. The molecule has 1 saturated heterocycles. The molecular weight excluding hydrogens is 412 g/mol. The van der Waals surface area contributed by atoms with Crippen LogP contribution in [0.25, 0.3) is 0 Å². The van der Waals surface area contributed by atoms with Crippen molar-refractivity contribution in [1.82, 2.24) is 25.5 Å². The van der Waals surface area contributed by atoms with E-state index in [9.17, 15) is 29.4 Å². The third-order valence-corrected chi connectivity index (χ3v) is 5.01. The number of carboxylic acids is 1. The topological polar surface area (TPSA) is 211 Å². The van der Waals surface area contributed by atoms with Crippen molar-refractivity contribution < 1.29 is 34.5 Å². The zero-order valence-corrected chi connectivity index (χ0v) is 17.0. The Morgan fingerprint density at radius 3 is 2.58 bits per heavy atom. The minimum Gasteiger partial charge on any atom is -0.480 e. The van der Waals surface area contributed by atoms with Crippen LogP contribution in [-0.4, -0.2) is 97.3 Å². The number of aromatic nitrogens is 2. The van der Waals surface area contributed by atoms with Crippen molar-refractivity contribution >= 4 is 23.7 Å². The number of rotatable bonds is 10. The molecule has 2 heterocycles. The van der Waals surface area contributed by atoms with Crippen LogP contribution < -0.4 is 16.4 Å². The van der Waals surface area contributed by atoms with E-state index in [1.807, 2.05) is 0 Å². The Bertz CT molecular complexity index is 784. The number of amides is 3. The van der Waals surface area contributed by atoms with Crippen LogP contribution in [0.15, 0.2) is 12.5 Å². The van der Waals surface area contributed by atoms with Gasteiger partial charge in [0.1, 0.15) is 24.2 Å². The van der Waals surface area contributed by atoms with Gasteiger partial charge in [0.2, 0.25) is 17.7 Å². The van der Waals surface area contributed by atoms with Crippen molar-refractivity contribution in [3.63, 3.8) is 0 Å². The molecule has 1 aromatic heterocycles. The highest BCUT2D eigenvalue weighted by Gasteiger charge is 2.40. The van der Waals surface area contributed by atoms with Gasteiger partial charge in [0, 0.05) is 24.9 Å². The summed E-state index contributed by atoms with van der Waals surface area (Å²) < 4.78 is 0. The van der Waals surface area contributed by atoms with Gasteiger partial charge < -0.3 is 41.6 Å². The molecule has 3 amide bonds. The van der Waals surface area contributed by atoms with Gasteiger partial charge in [-0.2, -0.15) is 0 Å². The lowest BCUT2D eigenvalue weighted by Crippen LogP contribution is -2.60. The first-order chi connectivity index (χ1) is 14.6. The quantitative estimate of drug-likeness (QED) is 0.194. The second-order valence-electron chi connectivity index (χ2n) is 7.39. The van der Waals surface area contributed by atoms with Crippen LogP contribution in [0.3, 0.4) is 0 Å². The second kappa shape index (κ2) is 10.8. The number of likely N-dealkylation sites (tertiary alicyclic amines) is 1. The first-order valence-corrected chi connectivity index (χ1v) is 9.81. The molecule has 0 spiro atoms. The number of carboxylic acid groups (broad SMARTS) is 1. The van der Waals surface area contributed by atoms with E-state index in [0.717, 1.165) is 4.90 Å². The van der Waals surface area contributed by atoms with Gasteiger partial charge in [-0.15, -0.1) is 0 Å². The molecule has 0 radical (unpaired) electrons. The molecule has 1 aromatic rings. The highest BCUT2D eigenvalue weighted by Crippen LogP contribution is 2.19. The molecule has 1 aliphatic rings. The number of nitrogens with one attached hydrogen (secondary N) is 3. The number of nitrogens with zero attached hydrogens (tertiary/aromatic N) is 2. The van der Waals surface area contributed by atoms with E-state index in [2.05, 4.69) is 20.6 Å². The van der Waals surface area contributed by atoms with Gasteiger partial charge in [0.25, 0.3) is 0 Å². The van der Waals surface area contributed by atoms with Gasteiger partial charge in [-0.1, -0.05) is 0 Å². The molecule has 0 aromatic carbocycles. The molecule has 5 atom stereocenters. The Hall–Kier alpha value is -3.03. The van der Waals surface area contributed by atoms with Crippen molar-refractivity contribution in [2.24, 2.45) is 5.73 Å². The minimum atomic E-state index is -1.42. The largest absolute Gasteiger partial charge is 0.480 e. The number of imidazole rings is 1. The van der Waals surface area contributed by atoms with Crippen molar-refractivity contribution in [3.8, 4) is 0 Å². The maximum absolute atomic E-state index is 12.9. The van der Waals surface area contributed by atoms with Gasteiger partial charge in [-0.25, -0.2) is 9.78 Å². The highest BCUT2D eigenvalue weighted by molar-refractivity contribution is 5.94. The molecule has 5 unspecified atom stereocenters. The Morgan fingerprint density at radius 1 is 1.32 bits per heavy atom. The molecule has 13 nitrogen and oxygen atoms in total. The number of aliphatic hydroxyl groups is 2. The Labute approximate surface area is 178 Å². The summed E-state index contributed by atoms with van der Waals surface area (Å²) >= 11 is 0. The maximum atomic E-state index is 12.9. The van der Waals surface area contributed by atoms with Crippen LogP contribution in [0.2, 0.25) is 0 Å². The third-order valence-electron chi connectivity index (χ3n) is 5.01. The first kappa shape index (κ1) is 24.2. The summed E-state index contributed by atoms with van der Waals surface area (Å²) in [6.45, 7) is 0.845. The van der Waals surface area contributed by atoms with Crippen LogP contribution in [0.5, 0.6) is 0 Å². The van der Waals surface area contributed by atoms with Crippen LogP contribution in [0.4, 0.5) is 0 Å². The monoisotopic (exact) mass is 440 g/mol. The second-order valence-corrected chi connectivity index (χ2v) is 7.39. The van der Waals surface area contributed by atoms with Crippen LogP contribution >= 0.6 is 0 Å². The molecule has 172 valence electrons. The van der Waals surface area contributed by atoms with Gasteiger partial charge in [0.15, 0.2) is 0 Å². The molecule has 0 aliphatic carbocycles. The predicted octanol–water partition coefficient (Wildman–Crippen LogP) is -3.30. The summed E-state index contributed by atoms with van der Waals surface area (Å²) in [4.78, 5) is 57.0. The SMILES string of the molecule is CC(O)C(NC(=O)C(Cc1cnc[nH]1)NC(=O)C(N)CO)C(=O)N1CCCC1C(=O)O. The van der Waals surface area contributed by atoms with E-state index in [4.69, 9.17) is 10.8 Å². The van der Waals surface area contributed by atoms with Gasteiger partial charge in [-0.05, 0) is 19.8 Å². The number of hydrogen-bond donors (Lipinski definition) is 7. The molecule has 0 bridgehead atoms. The van der Waals surface area contributed by atoms with E-state index in [-0.39, 0.29) is 19.4 Å². The van der Waals surface area contributed by atoms with Crippen molar-refractivity contribution in [3.05, 3.63) is 18.2 Å². The normalized spacial score (nSPS) is 19.9. The zero-order valence-electron chi connectivity index (χ0n) is 17.0. The molecule has 8 N–H and O–H groups in total. The average molecular weight is 440 g/mol. The Balaban J connectivity index is 2.17. The van der Waals surface area contributed by atoms with Crippen molar-refractivity contribution in [1.29, 1.82) is 0 Å². The molecule has 0 saturated carbocycles. The number of aliphatic carboxylic acids is 1. The summed E-state index contributed by atoms with van der Waals surface area (Å²) in [5.41, 5.74) is 6.00. The van der Waals surface area contributed by atoms with E-state index in [0.29, 0.717) is 12.1 Å². The van der Waals surface area contributed by atoms with E-state index >= 15 is 0 Å². The van der Waals surface area contributed by atoms with Gasteiger partial charge in [0.05, 0.1) is 19.0 Å². The minimum absolute atomic E-state index is 0.0299. The molecule has 2 rings (SSSR count). The van der Waals surface area contributed by atoms with Crippen molar-refractivity contribution in [2.45, 2.75) is 56.5 Å². The van der Waals surface area contributed by atoms with E-state index < -0.39 is 60.6 Å². The van der Waals surface area contributed by atoms with Crippen LogP contribution in [0, 0.1) is 0 Å². The number of carbonyl (C=O) groups excluding carboxylic acids is 3. The first-order valence-electron chi connectivity index (χ1n) is 9.81. The summed E-state index contributed by atoms with van der Waals surface area (Å²) in [6.07, 6.45) is 2.23. The lowest BCUT2D eigenvalue weighted by Gasteiger charge is -2.30. The fourth-order valence-electron chi connectivity index (χ4n) is 3.30. The zero-order chi connectivity index (χ0) is 23.1. The maximum Gasteiger partial charge on any atom is 0.326 e. The number of H-pyrrole nitrogens is 1. The number of carbonyl (C=O) groups is 4. The summed E-state index contributed by atoms with van der Waals surface area (Å²) in [5.74, 6) is -3.47. The van der Waals surface area contributed by atoms with Crippen molar-refractivity contribution in [2.75, 3.05) is 13.2 Å². The molecule has 1 fully saturated rings. The Morgan fingerprint density at radius 2 is 2.03 bits per heavy atom. The predicted molar refractivity (Wildman–Crippen MR) is 105 cm³/mol. The molecule has 1 aliphatic heterocycles. The smallest absolute Gasteiger partial charge is 0.326 e. The van der Waals surface area contributed by atoms with E-state index in [1.165, 1.54) is 19.4 Å². The van der Waals surface area contributed by atoms with Crippen LogP contribution in [0.1, 0.15) is 25.5 Å². The lowest BCUT2D eigenvalue weighted by atomic mass is 10.1. The highest BCUT2D eigenvalue weighted by atomic mass is 16.4. The van der Waals surface area contributed by atoms with Gasteiger partial charge in [-0.3, -0.25) is 14.4 Å². The molecular formula is C18H28N6O7. The lowest BCUT2D eigenvalue weighted by molar-refractivity contribution is -0.150. The summed E-state index contributed by atoms with van der Waals surface area (Å²) in [5, 5.41) is 33.3. The molecule has 13 heteroatoms. The Kier molecular flexibility index (Phi) is 8.47. The standard InChI is InChI=1S/C18H28N6O7/c1-9(26)14(17(29)24-4-2-3-13(24)18(30)31)23-16(28)12(5-10-6-20-8-21-10)22-15(27)11(19)7-25/h6,8-9,11-14,25-26H,2-5,7,19H2,1H3,(H,20,21)(H,22,27)(H,23,28)(H,30,31). The van der Waals surface area contributed by atoms with Crippen LogP contribution in [-0.2, 0) is 25.6 Å². The molecule has 31 heavy (non-hydrogen) atoms. The fraction of sp³-hybridized carbons (Fsp3) is 0.611. The number of aliphatic hydroxyl groups excluding tert-OH is 2.